The van der Waals surface area contributed by atoms with Crippen LogP contribution < -0.4 is 5.32 Å². The quantitative estimate of drug-likeness (QED) is 0.789. The molecule has 0 spiro atoms. The van der Waals surface area contributed by atoms with E-state index in [9.17, 15) is 0 Å². The number of nitrogens with one attached hydrogen (secondary N) is 1. The largest absolute Gasteiger partial charge is 0.381 e. The summed E-state index contributed by atoms with van der Waals surface area (Å²) < 4.78 is 5.52. The van der Waals surface area contributed by atoms with Crippen LogP contribution in [0.1, 0.15) is 33.6 Å². The van der Waals surface area contributed by atoms with Crippen molar-refractivity contribution in [2.24, 2.45) is 5.92 Å². The molecule has 2 rings (SSSR count). The molecule has 0 aliphatic carbocycles. The zero-order valence-electron chi connectivity index (χ0n) is 10.9. The molecule has 0 aromatic heterocycles. The number of hydrogen-bond acceptors (Lipinski definition) is 3. The van der Waals surface area contributed by atoms with E-state index in [-0.39, 0.29) is 0 Å². The Labute approximate surface area is 99.5 Å². The average Bonchev–Trinajstić information content (AvgIpc) is 2.82. The zero-order chi connectivity index (χ0) is 11.5. The third-order valence-corrected chi connectivity index (χ3v) is 4.36. The van der Waals surface area contributed by atoms with Crippen LogP contribution in [0.4, 0.5) is 0 Å². The van der Waals surface area contributed by atoms with Crippen molar-refractivity contribution >= 4 is 0 Å². The molecule has 94 valence electrons. The number of nitrogens with zero attached hydrogens (tertiary/aromatic N) is 1. The molecule has 2 aliphatic heterocycles. The first-order chi connectivity index (χ1) is 7.72. The molecule has 3 heteroatoms. The van der Waals surface area contributed by atoms with Gasteiger partial charge < -0.3 is 10.1 Å². The molecule has 1 N–H and O–H groups in total. The van der Waals surface area contributed by atoms with E-state index in [1.807, 2.05) is 0 Å². The highest BCUT2D eigenvalue weighted by molar-refractivity contribution is 4.89. The first-order valence-electron chi connectivity index (χ1n) is 6.79. The van der Waals surface area contributed by atoms with Crippen LogP contribution in [0.5, 0.6) is 0 Å². The average molecular weight is 226 g/mol. The zero-order valence-corrected chi connectivity index (χ0v) is 10.9. The molecule has 0 aromatic rings. The van der Waals surface area contributed by atoms with Crippen LogP contribution >= 0.6 is 0 Å². The molecule has 0 amide bonds. The lowest BCUT2D eigenvalue weighted by molar-refractivity contribution is 0.0612. The van der Waals surface area contributed by atoms with Crippen LogP contribution in [0.15, 0.2) is 0 Å². The van der Waals surface area contributed by atoms with E-state index < -0.39 is 0 Å². The van der Waals surface area contributed by atoms with Crippen LogP contribution in [0, 0.1) is 5.92 Å². The minimum atomic E-state index is 0.665. The number of rotatable bonds is 3. The molecule has 4 unspecified atom stereocenters. The van der Waals surface area contributed by atoms with Gasteiger partial charge in [0.2, 0.25) is 0 Å². The van der Waals surface area contributed by atoms with E-state index >= 15 is 0 Å². The van der Waals surface area contributed by atoms with Gasteiger partial charge in [-0.05, 0) is 32.6 Å². The van der Waals surface area contributed by atoms with Gasteiger partial charge in [0.25, 0.3) is 0 Å². The lowest BCUT2D eigenvalue weighted by Gasteiger charge is -2.43. The third-order valence-electron chi connectivity index (χ3n) is 4.36. The highest BCUT2D eigenvalue weighted by Gasteiger charge is 2.33. The van der Waals surface area contributed by atoms with Gasteiger partial charge in [-0.25, -0.2) is 0 Å². The highest BCUT2D eigenvalue weighted by Crippen LogP contribution is 2.24. The van der Waals surface area contributed by atoms with Gasteiger partial charge >= 0.3 is 0 Å². The van der Waals surface area contributed by atoms with Crippen molar-refractivity contribution in [1.29, 1.82) is 0 Å². The fraction of sp³-hybridized carbons (Fsp3) is 1.00. The van der Waals surface area contributed by atoms with Gasteiger partial charge in [-0.1, -0.05) is 6.92 Å². The Hall–Kier alpha value is -0.120. The summed E-state index contributed by atoms with van der Waals surface area (Å²) >= 11 is 0. The van der Waals surface area contributed by atoms with E-state index in [0.717, 1.165) is 25.7 Å². The summed E-state index contributed by atoms with van der Waals surface area (Å²) in [5, 5.41) is 3.62. The molecule has 2 heterocycles. The number of piperazine rings is 1. The summed E-state index contributed by atoms with van der Waals surface area (Å²) in [6.45, 7) is 11.3. The summed E-state index contributed by atoms with van der Waals surface area (Å²) in [6, 6.07) is 2.02. The van der Waals surface area contributed by atoms with E-state index in [1.54, 1.807) is 0 Å². The summed E-state index contributed by atoms with van der Waals surface area (Å²) in [5.41, 5.74) is 0. The lowest BCUT2D eigenvalue weighted by Crippen LogP contribution is -2.59. The second-order valence-electron chi connectivity index (χ2n) is 5.42. The van der Waals surface area contributed by atoms with Crippen molar-refractivity contribution in [3.8, 4) is 0 Å². The van der Waals surface area contributed by atoms with Gasteiger partial charge in [0, 0.05) is 37.8 Å². The molecule has 0 saturated carbocycles. The van der Waals surface area contributed by atoms with E-state index in [2.05, 4.69) is 31.0 Å². The van der Waals surface area contributed by atoms with Gasteiger partial charge in [-0.2, -0.15) is 0 Å². The second kappa shape index (κ2) is 5.48. The van der Waals surface area contributed by atoms with Crippen molar-refractivity contribution in [2.45, 2.75) is 51.7 Å². The molecular weight excluding hydrogens is 200 g/mol. The predicted octanol–water partition coefficient (Wildman–Crippen LogP) is 1.48. The first-order valence-corrected chi connectivity index (χ1v) is 6.79. The van der Waals surface area contributed by atoms with Crippen molar-refractivity contribution in [2.75, 3.05) is 26.3 Å². The standard InChI is InChI=1S/C13H26N2O/c1-4-13-8-15(10(2)7-14-13)11(3)12-5-6-16-9-12/h10-14H,4-9H2,1-3H3. The molecular formula is C13H26N2O. The maximum Gasteiger partial charge on any atom is 0.0509 e. The molecule has 2 aliphatic rings. The number of hydrogen-bond donors (Lipinski definition) is 1. The fourth-order valence-corrected chi connectivity index (χ4v) is 3.00. The third kappa shape index (κ3) is 2.58. The predicted molar refractivity (Wildman–Crippen MR) is 66.6 cm³/mol. The van der Waals surface area contributed by atoms with Gasteiger partial charge in [0.1, 0.15) is 0 Å². The maximum atomic E-state index is 5.52. The Morgan fingerprint density at radius 2 is 2.31 bits per heavy atom. The molecule has 0 aromatic carbocycles. The summed E-state index contributed by atoms with van der Waals surface area (Å²) in [5.74, 6) is 0.748. The highest BCUT2D eigenvalue weighted by atomic mass is 16.5. The molecule has 0 radical (unpaired) electrons. The number of ether oxygens (including phenoxy) is 1. The van der Waals surface area contributed by atoms with E-state index in [1.165, 1.54) is 19.4 Å². The summed E-state index contributed by atoms with van der Waals surface area (Å²) in [7, 11) is 0. The minimum absolute atomic E-state index is 0.665. The Morgan fingerprint density at radius 1 is 1.50 bits per heavy atom. The van der Waals surface area contributed by atoms with Crippen LogP contribution in [0.3, 0.4) is 0 Å². The lowest BCUT2D eigenvalue weighted by atomic mass is 9.95. The molecule has 2 saturated heterocycles. The van der Waals surface area contributed by atoms with Crippen molar-refractivity contribution in [1.82, 2.24) is 10.2 Å². The summed E-state index contributed by atoms with van der Waals surface area (Å²) in [4.78, 5) is 2.68. The van der Waals surface area contributed by atoms with Gasteiger partial charge in [0.05, 0.1) is 6.61 Å². The Balaban J connectivity index is 1.94. The van der Waals surface area contributed by atoms with Crippen molar-refractivity contribution < 1.29 is 4.74 Å². The molecule has 16 heavy (non-hydrogen) atoms. The second-order valence-corrected chi connectivity index (χ2v) is 5.42. The minimum Gasteiger partial charge on any atom is -0.381 e. The van der Waals surface area contributed by atoms with Crippen molar-refractivity contribution in [3.05, 3.63) is 0 Å². The molecule has 0 bridgehead atoms. The van der Waals surface area contributed by atoms with Gasteiger partial charge in [-0.3, -0.25) is 4.90 Å². The monoisotopic (exact) mass is 226 g/mol. The van der Waals surface area contributed by atoms with E-state index in [4.69, 9.17) is 4.74 Å². The van der Waals surface area contributed by atoms with E-state index in [0.29, 0.717) is 18.1 Å². The maximum absolute atomic E-state index is 5.52. The van der Waals surface area contributed by atoms with Gasteiger partial charge in [0.15, 0.2) is 0 Å². The van der Waals surface area contributed by atoms with Crippen LogP contribution in [0.25, 0.3) is 0 Å². The first kappa shape index (κ1) is 12.3. The topological polar surface area (TPSA) is 24.5 Å². The van der Waals surface area contributed by atoms with Crippen LogP contribution in [-0.4, -0.2) is 49.3 Å². The van der Waals surface area contributed by atoms with Gasteiger partial charge in [-0.15, -0.1) is 0 Å². The van der Waals surface area contributed by atoms with Crippen LogP contribution in [0.2, 0.25) is 0 Å². The Kier molecular flexibility index (Phi) is 4.22. The Morgan fingerprint density at radius 3 is 2.94 bits per heavy atom. The normalized spacial score (nSPS) is 38.8. The molecule has 2 fully saturated rings. The van der Waals surface area contributed by atoms with Crippen molar-refractivity contribution in [3.63, 3.8) is 0 Å². The SMILES string of the molecule is CCC1CN(C(C)C2CCOC2)C(C)CN1. The fourth-order valence-electron chi connectivity index (χ4n) is 3.00. The van der Waals surface area contributed by atoms with Crippen LogP contribution in [-0.2, 0) is 4.74 Å². The molecule has 4 atom stereocenters. The molecule has 3 nitrogen and oxygen atoms in total. The Bertz CT molecular complexity index is 216. The smallest absolute Gasteiger partial charge is 0.0509 e. The summed E-state index contributed by atoms with van der Waals surface area (Å²) in [6.07, 6.45) is 2.48.